The molecular weight excluding hydrogens is 597 g/mol. The second-order valence-electron chi connectivity index (χ2n) is 9.63. The third-order valence-corrected chi connectivity index (χ3v) is 7.71. The zero-order valence-electron chi connectivity index (χ0n) is 23.3. The van der Waals surface area contributed by atoms with E-state index in [2.05, 4.69) is 32.1 Å². The minimum Gasteiger partial charge on any atom is -0.406 e. The molecule has 0 atom stereocenters. The number of amidine groups is 1. The van der Waals surface area contributed by atoms with Crippen LogP contribution in [0.3, 0.4) is 0 Å². The number of aryl methyl sites for hydroxylation is 2. The largest absolute Gasteiger partial charge is 0.573 e. The summed E-state index contributed by atoms with van der Waals surface area (Å²) >= 11 is 6.84. The van der Waals surface area contributed by atoms with Gasteiger partial charge in [0.1, 0.15) is 12.1 Å². The fourth-order valence-electron chi connectivity index (χ4n) is 4.44. The second kappa shape index (κ2) is 13.0. The van der Waals surface area contributed by atoms with Gasteiger partial charge < -0.3 is 10.1 Å². The Balaban J connectivity index is 1.17. The molecule has 222 valence electrons. The van der Waals surface area contributed by atoms with Gasteiger partial charge in [-0.1, -0.05) is 55.1 Å². The van der Waals surface area contributed by atoms with E-state index in [0.717, 1.165) is 34.4 Å². The van der Waals surface area contributed by atoms with Crippen LogP contribution in [0.25, 0.3) is 17.1 Å². The van der Waals surface area contributed by atoms with Crippen molar-refractivity contribution >= 4 is 45.9 Å². The molecule has 1 fully saturated rings. The molecule has 5 rings (SSSR count). The summed E-state index contributed by atoms with van der Waals surface area (Å²) in [6.07, 6.45) is -1.76. The predicted octanol–water partition coefficient (Wildman–Crippen LogP) is 6.26. The van der Waals surface area contributed by atoms with E-state index in [-0.39, 0.29) is 11.7 Å². The third kappa shape index (κ3) is 7.59. The summed E-state index contributed by atoms with van der Waals surface area (Å²) < 4.78 is 42.6. The number of nitrogens with zero attached hydrogens (tertiary/aromatic N) is 5. The van der Waals surface area contributed by atoms with Crippen LogP contribution in [0, 0.1) is 6.92 Å². The highest BCUT2D eigenvalue weighted by molar-refractivity contribution is 8.15. The fraction of sp³-hybridized carbons (Fsp3) is 0.233. The van der Waals surface area contributed by atoms with Gasteiger partial charge in [0.15, 0.2) is 16.1 Å². The van der Waals surface area contributed by atoms with Crippen molar-refractivity contribution in [2.24, 2.45) is 4.99 Å². The van der Waals surface area contributed by atoms with Gasteiger partial charge in [0.25, 0.3) is 0 Å². The van der Waals surface area contributed by atoms with Crippen molar-refractivity contribution in [3.05, 3.63) is 89.7 Å². The number of amides is 1. The Hall–Kier alpha value is -4.23. The highest BCUT2D eigenvalue weighted by Gasteiger charge is 2.32. The number of thiocarbonyl (C=S) groups is 1. The average Bonchev–Trinajstić information content (AvgIpc) is 3.60. The molecule has 0 radical (unpaired) electrons. The normalized spacial score (nSPS) is 14.4. The van der Waals surface area contributed by atoms with E-state index in [1.54, 1.807) is 4.90 Å². The molecule has 0 bridgehead atoms. The van der Waals surface area contributed by atoms with Crippen LogP contribution in [0.1, 0.15) is 23.6 Å². The van der Waals surface area contributed by atoms with Crippen molar-refractivity contribution in [3.8, 4) is 22.8 Å². The number of rotatable bonds is 8. The highest BCUT2D eigenvalue weighted by atomic mass is 32.2. The summed E-state index contributed by atoms with van der Waals surface area (Å²) in [5.41, 5.74) is 5.40. The van der Waals surface area contributed by atoms with Gasteiger partial charge in [-0.3, -0.25) is 9.69 Å². The molecule has 0 spiro atoms. The molecule has 13 heteroatoms. The van der Waals surface area contributed by atoms with Crippen LogP contribution in [0.2, 0.25) is 0 Å². The van der Waals surface area contributed by atoms with E-state index in [1.807, 2.05) is 49.4 Å². The Morgan fingerprint density at radius 3 is 2.56 bits per heavy atom. The van der Waals surface area contributed by atoms with Crippen molar-refractivity contribution in [1.82, 2.24) is 20.1 Å². The van der Waals surface area contributed by atoms with E-state index in [4.69, 9.17) is 12.2 Å². The molecule has 0 aliphatic carbocycles. The van der Waals surface area contributed by atoms with E-state index in [1.165, 1.54) is 47.0 Å². The first kappa shape index (κ1) is 30.2. The van der Waals surface area contributed by atoms with Gasteiger partial charge in [-0.15, -0.1) is 18.3 Å². The Bertz CT molecular complexity index is 1650. The summed E-state index contributed by atoms with van der Waals surface area (Å²) in [4.78, 5) is 23.3. The van der Waals surface area contributed by atoms with Crippen LogP contribution in [0.4, 0.5) is 18.9 Å². The minimum atomic E-state index is -4.75. The number of hydrogen-bond acceptors (Lipinski definition) is 6. The SMILES string of the molecule is CCc1ccc(C)cc1N1C(=O)CSC1=NC(=S)NCCc1ccc(-c2ncn(-c3ccc(OC(F)(F)F)cc3)n2)cc1. The number of alkyl halides is 3. The zero-order valence-corrected chi connectivity index (χ0v) is 24.9. The number of hydrogen-bond donors (Lipinski definition) is 1. The number of aliphatic imine (C=N–C) groups is 1. The van der Waals surface area contributed by atoms with Gasteiger partial charge in [0.2, 0.25) is 5.91 Å². The molecule has 3 aromatic carbocycles. The molecule has 1 N–H and O–H groups in total. The fourth-order valence-corrected chi connectivity index (χ4v) is 5.56. The van der Waals surface area contributed by atoms with Crippen LogP contribution < -0.4 is 15.0 Å². The van der Waals surface area contributed by atoms with Gasteiger partial charge in [-0.2, -0.15) is 4.99 Å². The number of benzene rings is 3. The average molecular weight is 625 g/mol. The first-order chi connectivity index (χ1) is 20.6. The summed E-state index contributed by atoms with van der Waals surface area (Å²) in [5, 5.41) is 8.49. The second-order valence-corrected chi connectivity index (χ2v) is 11.0. The van der Waals surface area contributed by atoms with E-state index >= 15 is 0 Å². The minimum absolute atomic E-state index is 0.0142. The van der Waals surface area contributed by atoms with Crippen LogP contribution in [0.15, 0.2) is 78.0 Å². The van der Waals surface area contributed by atoms with Crippen LogP contribution >= 0.6 is 24.0 Å². The van der Waals surface area contributed by atoms with Crippen molar-refractivity contribution < 1.29 is 22.7 Å². The Morgan fingerprint density at radius 2 is 1.86 bits per heavy atom. The van der Waals surface area contributed by atoms with Crippen molar-refractivity contribution in [1.29, 1.82) is 0 Å². The predicted molar refractivity (Wildman–Crippen MR) is 166 cm³/mol. The molecule has 1 aliphatic rings. The Morgan fingerprint density at radius 1 is 1.12 bits per heavy atom. The number of ether oxygens (including phenoxy) is 1. The lowest BCUT2D eigenvalue weighted by molar-refractivity contribution is -0.274. The number of carbonyl (C=O) groups is 1. The third-order valence-electron chi connectivity index (χ3n) is 6.55. The number of carbonyl (C=O) groups excluding carboxylic acids is 1. The number of thioether (sulfide) groups is 1. The topological polar surface area (TPSA) is 84.6 Å². The summed E-state index contributed by atoms with van der Waals surface area (Å²) in [7, 11) is 0. The van der Waals surface area contributed by atoms with Gasteiger partial charge in [0, 0.05) is 12.1 Å². The first-order valence-corrected chi connectivity index (χ1v) is 14.8. The maximum atomic E-state index is 12.7. The molecule has 2 heterocycles. The van der Waals surface area contributed by atoms with Crippen molar-refractivity contribution in [2.75, 3.05) is 17.2 Å². The van der Waals surface area contributed by atoms with Crippen LogP contribution in [-0.4, -0.2) is 49.6 Å². The molecule has 43 heavy (non-hydrogen) atoms. The van der Waals surface area contributed by atoms with Gasteiger partial charge >= 0.3 is 6.36 Å². The summed E-state index contributed by atoms with van der Waals surface area (Å²) in [5.74, 6) is 0.475. The lowest BCUT2D eigenvalue weighted by atomic mass is 10.1. The molecule has 0 unspecified atom stereocenters. The maximum absolute atomic E-state index is 12.7. The Kier molecular flexibility index (Phi) is 9.11. The number of anilines is 1. The summed E-state index contributed by atoms with van der Waals surface area (Å²) in [6, 6.07) is 19.2. The van der Waals surface area contributed by atoms with E-state index in [9.17, 15) is 18.0 Å². The van der Waals surface area contributed by atoms with Crippen molar-refractivity contribution in [2.45, 2.75) is 33.1 Å². The molecule has 1 amide bonds. The monoisotopic (exact) mass is 624 g/mol. The molecule has 1 aromatic heterocycles. The lowest BCUT2D eigenvalue weighted by Gasteiger charge is -2.20. The molecular formula is C30H27F3N6O2S2. The van der Waals surface area contributed by atoms with Crippen molar-refractivity contribution in [3.63, 3.8) is 0 Å². The van der Waals surface area contributed by atoms with Gasteiger partial charge in [-0.25, -0.2) is 9.67 Å². The lowest BCUT2D eigenvalue weighted by Crippen LogP contribution is -2.32. The molecule has 8 nitrogen and oxygen atoms in total. The van der Waals surface area contributed by atoms with Gasteiger partial charge in [-0.05, 0) is 79.0 Å². The standard InChI is InChI=1S/C30H27F3N6O2S2/c1-3-21-7-4-19(2)16-25(21)39-26(40)17-43-29(39)36-28(42)34-15-14-20-5-8-22(9-6-20)27-35-18-38(37-27)23-10-12-24(13-11-23)41-30(31,32)33/h4-13,16,18H,3,14-15,17H2,1-2H3,(H,34,42). The van der Waals surface area contributed by atoms with Crippen LogP contribution in [-0.2, 0) is 17.6 Å². The first-order valence-electron chi connectivity index (χ1n) is 13.4. The quantitative estimate of drug-likeness (QED) is 0.232. The van der Waals surface area contributed by atoms with Gasteiger partial charge in [0.05, 0.1) is 17.1 Å². The van der Waals surface area contributed by atoms with Crippen LogP contribution in [0.5, 0.6) is 5.75 Å². The maximum Gasteiger partial charge on any atom is 0.573 e. The molecule has 1 saturated heterocycles. The smallest absolute Gasteiger partial charge is 0.406 e. The number of halogens is 3. The Labute approximate surface area is 256 Å². The molecule has 4 aromatic rings. The van der Waals surface area contributed by atoms with E-state index < -0.39 is 6.36 Å². The zero-order chi connectivity index (χ0) is 30.6. The summed E-state index contributed by atoms with van der Waals surface area (Å²) in [6.45, 7) is 4.61. The number of aromatic nitrogens is 3. The number of nitrogens with one attached hydrogen (secondary N) is 1. The molecule has 0 saturated carbocycles. The highest BCUT2D eigenvalue weighted by Crippen LogP contribution is 2.31. The van der Waals surface area contributed by atoms with E-state index in [0.29, 0.717) is 40.5 Å². The molecule has 1 aliphatic heterocycles.